The van der Waals surface area contributed by atoms with Crippen LogP contribution in [0, 0.1) is 0 Å². The number of ether oxygens (including phenoxy) is 1. The molecular formula is C16H11Br2ClO2. The van der Waals surface area contributed by atoms with Gasteiger partial charge in [-0.05, 0) is 29.8 Å². The summed E-state index contributed by atoms with van der Waals surface area (Å²) >= 11 is 13.1. The van der Waals surface area contributed by atoms with Gasteiger partial charge in [-0.3, -0.25) is 4.79 Å². The van der Waals surface area contributed by atoms with E-state index < -0.39 is 4.32 Å². The van der Waals surface area contributed by atoms with Gasteiger partial charge in [-0.25, -0.2) is 0 Å². The Balaban J connectivity index is 1.98. The number of hydrogen-bond donors (Lipinski definition) is 0. The lowest BCUT2D eigenvalue weighted by atomic mass is 9.89. The summed E-state index contributed by atoms with van der Waals surface area (Å²) in [5, 5.41) is 0.665. The average Bonchev–Trinajstić information content (AvgIpc) is 2.51. The summed E-state index contributed by atoms with van der Waals surface area (Å²) in [6.07, 6.45) is 0. The topological polar surface area (TPSA) is 26.3 Å². The predicted molar refractivity (Wildman–Crippen MR) is 91.0 cm³/mol. The largest absolute Gasteiger partial charge is 0.491 e. The number of rotatable bonds is 2. The number of carbonyl (C=O) groups excluding carboxylic acids is 1. The van der Waals surface area contributed by atoms with Crippen LogP contribution in [0.2, 0.25) is 5.02 Å². The van der Waals surface area contributed by atoms with Crippen LogP contribution in [0.4, 0.5) is 0 Å². The number of fused-ring (bicyclic) bond motifs is 1. The molecule has 2 nitrogen and oxygen atoms in total. The number of carbonyl (C=O) groups is 1. The molecule has 0 N–H and O–H groups in total. The second-order valence-corrected chi connectivity index (χ2v) is 7.66. The number of alkyl halides is 2. The molecule has 0 aliphatic carbocycles. The van der Waals surface area contributed by atoms with E-state index in [0.29, 0.717) is 16.3 Å². The lowest BCUT2D eigenvalue weighted by Gasteiger charge is -2.35. The summed E-state index contributed by atoms with van der Waals surface area (Å²) in [6.45, 7) is 0.265. The van der Waals surface area contributed by atoms with Crippen LogP contribution in [-0.2, 0) is 0 Å². The molecule has 0 unspecified atom stereocenters. The molecule has 0 bridgehead atoms. The first-order valence-electron chi connectivity index (χ1n) is 6.37. The Morgan fingerprint density at radius 2 is 1.81 bits per heavy atom. The third-order valence-electron chi connectivity index (χ3n) is 3.51. The Kier molecular flexibility index (Phi) is 4.12. The minimum Gasteiger partial charge on any atom is -0.491 e. The standard InChI is InChI=1S/C16H11Br2ClO2/c17-14(10-5-7-11(19)8-6-10)16(18)9-21-13-4-2-1-3-12(13)15(16)20/h1-8,14H,9H2/t14-,16-/m0/s1. The Bertz CT molecular complexity index is 687. The maximum Gasteiger partial charge on any atom is 0.188 e. The lowest BCUT2D eigenvalue weighted by molar-refractivity contribution is 0.0873. The summed E-state index contributed by atoms with van der Waals surface area (Å²) < 4.78 is 4.91. The van der Waals surface area contributed by atoms with Crippen LogP contribution < -0.4 is 4.74 Å². The van der Waals surface area contributed by atoms with Crippen LogP contribution >= 0.6 is 43.5 Å². The predicted octanol–water partition coefficient (Wildman–Crippen LogP) is 5.19. The van der Waals surface area contributed by atoms with Gasteiger partial charge in [0.25, 0.3) is 0 Å². The van der Waals surface area contributed by atoms with Gasteiger partial charge >= 0.3 is 0 Å². The van der Waals surface area contributed by atoms with Crippen molar-refractivity contribution in [1.29, 1.82) is 0 Å². The molecule has 0 saturated carbocycles. The van der Waals surface area contributed by atoms with E-state index in [1.807, 2.05) is 42.5 Å². The molecule has 1 aliphatic heterocycles. The van der Waals surface area contributed by atoms with Crippen molar-refractivity contribution in [3.63, 3.8) is 0 Å². The second-order valence-electron chi connectivity index (χ2n) is 4.89. The zero-order valence-corrected chi connectivity index (χ0v) is 14.8. The first kappa shape index (κ1) is 15.1. The average molecular weight is 431 g/mol. The minimum absolute atomic E-state index is 0.0150. The molecule has 0 radical (unpaired) electrons. The monoisotopic (exact) mass is 428 g/mol. The third-order valence-corrected chi connectivity index (χ3v) is 6.73. The van der Waals surface area contributed by atoms with Crippen LogP contribution in [0.15, 0.2) is 48.5 Å². The van der Waals surface area contributed by atoms with E-state index in [0.717, 1.165) is 5.56 Å². The highest BCUT2D eigenvalue weighted by Gasteiger charge is 2.47. The van der Waals surface area contributed by atoms with Crippen molar-refractivity contribution in [3.05, 3.63) is 64.7 Å². The molecule has 2 aromatic carbocycles. The van der Waals surface area contributed by atoms with Crippen molar-refractivity contribution in [2.24, 2.45) is 0 Å². The summed E-state index contributed by atoms with van der Waals surface area (Å²) in [7, 11) is 0. The van der Waals surface area contributed by atoms with Gasteiger partial charge in [-0.1, -0.05) is 67.7 Å². The molecule has 2 atom stereocenters. The second kappa shape index (κ2) is 5.75. The maximum absolute atomic E-state index is 12.8. The Morgan fingerprint density at radius 1 is 1.14 bits per heavy atom. The summed E-state index contributed by atoms with van der Waals surface area (Å²) in [4.78, 5) is 12.6. The normalized spacial score (nSPS) is 22.3. The molecule has 5 heteroatoms. The molecular weight excluding hydrogens is 419 g/mol. The number of para-hydroxylation sites is 1. The van der Waals surface area contributed by atoms with Gasteiger partial charge < -0.3 is 4.74 Å². The van der Waals surface area contributed by atoms with Crippen LogP contribution in [0.25, 0.3) is 0 Å². The van der Waals surface area contributed by atoms with Crippen molar-refractivity contribution < 1.29 is 9.53 Å². The van der Waals surface area contributed by atoms with E-state index in [9.17, 15) is 4.79 Å². The number of hydrogen-bond acceptors (Lipinski definition) is 2. The summed E-state index contributed by atoms with van der Waals surface area (Å²) in [6, 6.07) is 14.7. The molecule has 1 aliphatic rings. The fourth-order valence-electron chi connectivity index (χ4n) is 2.34. The highest BCUT2D eigenvalue weighted by atomic mass is 79.9. The molecule has 0 fully saturated rings. The highest BCUT2D eigenvalue weighted by molar-refractivity contribution is 9.12. The van der Waals surface area contributed by atoms with Gasteiger partial charge in [0.05, 0.1) is 10.4 Å². The van der Waals surface area contributed by atoms with E-state index in [1.165, 1.54) is 0 Å². The van der Waals surface area contributed by atoms with Gasteiger partial charge in [0.15, 0.2) is 5.78 Å². The third kappa shape index (κ3) is 2.65. The van der Waals surface area contributed by atoms with Crippen molar-refractivity contribution in [2.75, 3.05) is 6.61 Å². The first-order valence-corrected chi connectivity index (χ1v) is 8.46. The van der Waals surface area contributed by atoms with Gasteiger partial charge in [-0.2, -0.15) is 0 Å². The Hall–Kier alpha value is -0.840. The fraction of sp³-hybridized carbons (Fsp3) is 0.188. The summed E-state index contributed by atoms with van der Waals surface area (Å²) in [5.41, 5.74) is 1.56. The molecule has 2 aromatic rings. The van der Waals surface area contributed by atoms with Crippen molar-refractivity contribution >= 4 is 49.2 Å². The van der Waals surface area contributed by atoms with Crippen molar-refractivity contribution in [1.82, 2.24) is 0 Å². The van der Waals surface area contributed by atoms with Crippen molar-refractivity contribution in [2.45, 2.75) is 9.15 Å². The van der Waals surface area contributed by atoms with E-state index in [1.54, 1.807) is 6.07 Å². The smallest absolute Gasteiger partial charge is 0.188 e. The molecule has 3 rings (SSSR count). The molecule has 0 aromatic heterocycles. The van der Waals surface area contributed by atoms with Gasteiger partial charge in [-0.15, -0.1) is 0 Å². The molecule has 108 valence electrons. The number of ketones is 1. The fourth-order valence-corrected chi connectivity index (χ4v) is 3.70. The Labute approximate surface area is 144 Å². The molecule has 0 saturated heterocycles. The molecule has 21 heavy (non-hydrogen) atoms. The van der Waals surface area contributed by atoms with E-state index in [4.69, 9.17) is 16.3 Å². The highest BCUT2D eigenvalue weighted by Crippen LogP contribution is 2.46. The van der Waals surface area contributed by atoms with Crippen LogP contribution in [-0.4, -0.2) is 16.7 Å². The van der Waals surface area contributed by atoms with Crippen molar-refractivity contribution in [3.8, 4) is 5.75 Å². The SMILES string of the molecule is O=C1c2ccccc2OC[C@]1(Br)[C@@H](Br)c1ccc(Cl)cc1. The van der Waals surface area contributed by atoms with Crippen LogP contribution in [0.5, 0.6) is 5.75 Å². The van der Waals surface area contributed by atoms with Crippen LogP contribution in [0.1, 0.15) is 20.7 Å². The van der Waals surface area contributed by atoms with Crippen LogP contribution in [0.3, 0.4) is 0 Å². The molecule has 1 heterocycles. The number of Topliss-reactive ketones (excluding diaryl/α,β-unsaturated/α-hetero) is 1. The van der Waals surface area contributed by atoms with Gasteiger partial charge in [0.1, 0.15) is 16.7 Å². The van der Waals surface area contributed by atoms with Gasteiger partial charge in [0, 0.05) is 5.02 Å². The van der Waals surface area contributed by atoms with E-state index in [2.05, 4.69) is 31.9 Å². The minimum atomic E-state index is -0.838. The maximum atomic E-state index is 12.8. The lowest BCUT2D eigenvalue weighted by Crippen LogP contribution is -2.45. The zero-order chi connectivity index (χ0) is 15.0. The summed E-state index contributed by atoms with van der Waals surface area (Å²) in [5.74, 6) is 0.648. The van der Waals surface area contributed by atoms with E-state index >= 15 is 0 Å². The zero-order valence-electron chi connectivity index (χ0n) is 10.9. The quantitative estimate of drug-likeness (QED) is 0.614. The molecule has 0 amide bonds. The van der Waals surface area contributed by atoms with Gasteiger partial charge in [0.2, 0.25) is 0 Å². The first-order chi connectivity index (χ1) is 10.0. The number of halogens is 3. The number of benzene rings is 2. The Morgan fingerprint density at radius 3 is 2.52 bits per heavy atom. The molecule has 0 spiro atoms. The van der Waals surface area contributed by atoms with E-state index in [-0.39, 0.29) is 17.2 Å².